The van der Waals surface area contributed by atoms with Gasteiger partial charge in [0.2, 0.25) is 11.9 Å². The monoisotopic (exact) mass is 509 g/mol. The third-order valence-corrected chi connectivity index (χ3v) is 7.44. The molecule has 0 radical (unpaired) electrons. The predicted molar refractivity (Wildman–Crippen MR) is 140 cm³/mol. The molecule has 0 amide bonds. The van der Waals surface area contributed by atoms with Crippen LogP contribution in [-0.4, -0.2) is 57.6 Å². The van der Waals surface area contributed by atoms with Crippen LogP contribution in [-0.2, 0) is 6.54 Å². The molecule has 2 N–H and O–H groups in total. The first-order valence-electron chi connectivity index (χ1n) is 11.9. The van der Waals surface area contributed by atoms with Gasteiger partial charge in [0, 0.05) is 56.1 Å². The minimum Gasteiger partial charge on any atom is -0.379 e. The van der Waals surface area contributed by atoms with E-state index in [0.717, 1.165) is 78.6 Å². The number of aromatic nitrogens is 4. The molecule has 3 aromatic rings. The van der Waals surface area contributed by atoms with Gasteiger partial charge in [-0.05, 0) is 31.4 Å². The van der Waals surface area contributed by atoms with Crippen molar-refractivity contribution in [3.63, 3.8) is 0 Å². The topological polar surface area (TPSA) is 106 Å². The summed E-state index contributed by atoms with van der Waals surface area (Å²) in [5.74, 6) is 2.54. The van der Waals surface area contributed by atoms with E-state index in [1.807, 2.05) is 31.3 Å². The van der Waals surface area contributed by atoms with E-state index in [9.17, 15) is 0 Å². The highest BCUT2D eigenvalue weighted by Gasteiger charge is 2.29. The van der Waals surface area contributed by atoms with Crippen molar-refractivity contribution in [1.82, 2.24) is 24.8 Å². The third-order valence-electron chi connectivity index (χ3n) is 6.21. The highest BCUT2D eigenvalue weighted by Crippen LogP contribution is 2.39. The number of hydrogen-bond donors (Lipinski definition) is 2. The summed E-state index contributed by atoms with van der Waals surface area (Å²) >= 11 is 7.90. The number of benzene rings is 1. The molecule has 0 atom stereocenters. The highest BCUT2D eigenvalue weighted by atomic mass is 35.5. The number of nitrogens with one attached hydrogen (secondary N) is 2. The molecule has 5 rings (SSSR count). The van der Waals surface area contributed by atoms with Crippen LogP contribution in [0.3, 0.4) is 0 Å². The average molecular weight is 510 g/mol. The summed E-state index contributed by atoms with van der Waals surface area (Å²) in [5.41, 5.74) is 2.05. The first-order valence-corrected chi connectivity index (χ1v) is 13.1. The predicted octanol–water partition coefficient (Wildman–Crippen LogP) is 4.56. The van der Waals surface area contributed by atoms with Crippen LogP contribution in [0.15, 0.2) is 24.4 Å². The third kappa shape index (κ3) is 5.99. The number of anilines is 4. The summed E-state index contributed by atoms with van der Waals surface area (Å²) in [5, 5.41) is 17.0. The lowest BCUT2D eigenvalue weighted by atomic mass is 10.2. The van der Waals surface area contributed by atoms with Crippen LogP contribution in [0.25, 0.3) is 0 Å². The van der Waals surface area contributed by atoms with Gasteiger partial charge in [-0.25, -0.2) is 4.98 Å². The van der Waals surface area contributed by atoms with Crippen LogP contribution < -0.4 is 15.5 Å². The van der Waals surface area contributed by atoms with Gasteiger partial charge in [0.05, 0.1) is 23.3 Å². The van der Waals surface area contributed by atoms with E-state index in [1.54, 1.807) is 11.3 Å². The van der Waals surface area contributed by atoms with E-state index in [4.69, 9.17) is 31.8 Å². The molecular formula is C24H28ClN9S. The number of thiazole rings is 1. The molecule has 3 heterocycles. The van der Waals surface area contributed by atoms with E-state index in [1.165, 1.54) is 0 Å². The van der Waals surface area contributed by atoms with Gasteiger partial charge in [-0.3, -0.25) is 10.2 Å². The quantitative estimate of drug-likeness (QED) is 0.429. The Bertz CT molecular complexity index is 1190. The molecule has 182 valence electrons. The fourth-order valence-electron chi connectivity index (χ4n) is 4.06. The number of halogens is 1. The molecule has 11 heteroatoms. The normalized spacial score (nSPS) is 16.2. The molecule has 0 spiro atoms. The van der Waals surface area contributed by atoms with E-state index >= 15 is 0 Å². The van der Waals surface area contributed by atoms with Crippen molar-refractivity contribution in [2.45, 2.75) is 38.6 Å². The van der Waals surface area contributed by atoms with Crippen LogP contribution in [0.5, 0.6) is 0 Å². The lowest BCUT2D eigenvalue weighted by molar-refractivity contribution is 0.262. The van der Waals surface area contributed by atoms with Gasteiger partial charge in [-0.2, -0.15) is 20.2 Å². The van der Waals surface area contributed by atoms with Crippen molar-refractivity contribution in [2.24, 2.45) is 0 Å². The molecule has 1 aromatic carbocycles. The van der Waals surface area contributed by atoms with Crippen LogP contribution >= 0.6 is 22.9 Å². The maximum Gasteiger partial charge on any atom is 0.234 e. The van der Waals surface area contributed by atoms with Crippen molar-refractivity contribution < 1.29 is 0 Å². The molecule has 2 aromatic heterocycles. The molecular weight excluding hydrogens is 482 g/mol. The number of hydrogen-bond acceptors (Lipinski definition) is 10. The standard InChI is InChI=1S/C24H28ClN9S/c1-16-4-2-5-19(25)20(16)27-14-18-15-28-24(35-18)32-22-29-21(17-6-7-17)30-23(31-22)34-12-10-33(11-13-34)9-3-8-26/h2,4-5,15,17,27H,3,6-7,9-14H2,1H3,(H,28,29,30,31,32). The Kier molecular flexibility index (Phi) is 7.27. The SMILES string of the molecule is Cc1cccc(Cl)c1NCc1cnc(Nc2nc(C3CC3)nc(N3CCN(CCC#N)CC3)n2)s1. The first-order chi connectivity index (χ1) is 17.1. The number of rotatable bonds is 9. The van der Waals surface area contributed by atoms with Crippen LogP contribution in [0.1, 0.15) is 41.4 Å². The Labute approximate surface area is 214 Å². The van der Waals surface area contributed by atoms with Crippen molar-refractivity contribution in [3.8, 4) is 6.07 Å². The summed E-state index contributed by atoms with van der Waals surface area (Å²) in [6, 6.07) is 8.10. The molecule has 2 aliphatic rings. The second-order valence-electron chi connectivity index (χ2n) is 8.87. The summed E-state index contributed by atoms with van der Waals surface area (Å²) in [6.07, 6.45) is 4.67. The smallest absolute Gasteiger partial charge is 0.234 e. The van der Waals surface area contributed by atoms with Crippen molar-refractivity contribution >= 4 is 45.7 Å². The van der Waals surface area contributed by atoms with E-state index in [0.29, 0.717) is 29.9 Å². The summed E-state index contributed by atoms with van der Waals surface area (Å²) in [4.78, 5) is 24.3. The second kappa shape index (κ2) is 10.7. The van der Waals surface area contributed by atoms with E-state index in [-0.39, 0.29) is 0 Å². The van der Waals surface area contributed by atoms with Gasteiger partial charge in [-0.1, -0.05) is 35.1 Å². The molecule has 1 saturated carbocycles. The van der Waals surface area contributed by atoms with Crippen molar-refractivity contribution in [1.29, 1.82) is 5.26 Å². The van der Waals surface area contributed by atoms with Crippen LogP contribution in [0, 0.1) is 18.3 Å². The fraction of sp³-hybridized carbons (Fsp3) is 0.458. The van der Waals surface area contributed by atoms with Crippen LogP contribution in [0.2, 0.25) is 5.02 Å². The van der Waals surface area contributed by atoms with Gasteiger partial charge >= 0.3 is 0 Å². The van der Waals surface area contributed by atoms with Gasteiger partial charge in [-0.15, -0.1) is 0 Å². The summed E-state index contributed by atoms with van der Waals surface area (Å²) < 4.78 is 0. The maximum absolute atomic E-state index is 8.84. The summed E-state index contributed by atoms with van der Waals surface area (Å²) in [7, 11) is 0. The minimum atomic E-state index is 0.420. The number of nitrogens with zero attached hydrogens (tertiary/aromatic N) is 7. The molecule has 1 aliphatic heterocycles. The van der Waals surface area contributed by atoms with Crippen molar-refractivity contribution in [3.05, 3.63) is 45.7 Å². The van der Waals surface area contributed by atoms with E-state index in [2.05, 4.69) is 31.5 Å². The van der Waals surface area contributed by atoms with Gasteiger partial charge < -0.3 is 10.2 Å². The van der Waals surface area contributed by atoms with Crippen LogP contribution in [0.4, 0.5) is 22.7 Å². The van der Waals surface area contributed by atoms with E-state index < -0.39 is 0 Å². The number of piperazine rings is 1. The second-order valence-corrected chi connectivity index (χ2v) is 10.4. The molecule has 35 heavy (non-hydrogen) atoms. The lowest BCUT2D eigenvalue weighted by Gasteiger charge is -2.34. The Morgan fingerprint density at radius 3 is 2.74 bits per heavy atom. The minimum absolute atomic E-state index is 0.420. The zero-order valence-corrected chi connectivity index (χ0v) is 21.2. The Morgan fingerprint density at radius 1 is 1.17 bits per heavy atom. The fourth-order valence-corrected chi connectivity index (χ4v) is 5.09. The lowest BCUT2D eigenvalue weighted by Crippen LogP contribution is -2.47. The average Bonchev–Trinajstić information content (AvgIpc) is 3.63. The summed E-state index contributed by atoms with van der Waals surface area (Å²) in [6.45, 7) is 6.98. The molecule has 0 bridgehead atoms. The number of para-hydroxylation sites is 1. The number of nitriles is 1. The maximum atomic E-state index is 8.84. The molecule has 1 aliphatic carbocycles. The highest BCUT2D eigenvalue weighted by molar-refractivity contribution is 7.15. The van der Waals surface area contributed by atoms with Gasteiger partial charge in [0.15, 0.2) is 5.13 Å². The Morgan fingerprint density at radius 2 is 2.00 bits per heavy atom. The largest absolute Gasteiger partial charge is 0.379 e. The molecule has 1 saturated heterocycles. The zero-order chi connectivity index (χ0) is 24.2. The number of aryl methyl sites for hydroxylation is 1. The van der Waals surface area contributed by atoms with Gasteiger partial charge in [0.25, 0.3) is 0 Å². The van der Waals surface area contributed by atoms with Gasteiger partial charge in [0.1, 0.15) is 5.82 Å². The molecule has 0 unspecified atom stereocenters. The zero-order valence-electron chi connectivity index (χ0n) is 19.7. The van der Waals surface area contributed by atoms with Crippen molar-refractivity contribution in [2.75, 3.05) is 48.3 Å². The Hall–Kier alpha value is -3.00. The molecule has 2 fully saturated rings. The molecule has 9 nitrogen and oxygen atoms in total. The Balaban J connectivity index is 1.25. The first kappa shape index (κ1) is 23.7.